The zero-order valence-corrected chi connectivity index (χ0v) is 13.4. The molecule has 1 nitrogen and oxygen atoms in total. The smallest absolute Gasteiger partial charge is 0.0350 e. The second-order valence-electron chi connectivity index (χ2n) is 6.10. The fourth-order valence-electron chi connectivity index (χ4n) is 3.52. The van der Waals surface area contributed by atoms with Crippen LogP contribution >= 0.6 is 0 Å². The van der Waals surface area contributed by atoms with Gasteiger partial charge in [-0.2, -0.15) is 0 Å². The lowest BCUT2D eigenvalue weighted by molar-refractivity contribution is 0.283. The second kappa shape index (κ2) is 7.42. The number of likely N-dealkylation sites (tertiary alicyclic amines) is 1. The Morgan fingerprint density at radius 1 is 1.00 bits per heavy atom. The molecule has 1 fully saturated rings. The molecule has 0 amide bonds. The highest BCUT2D eigenvalue weighted by Gasteiger charge is 2.32. The number of hydrogen-bond acceptors (Lipinski definition) is 1. The third-order valence-electron chi connectivity index (χ3n) is 4.59. The van der Waals surface area contributed by atoms with Crippen molar-refractivity contribution in [2.75, 3.05) is 13.1 Å². The van der Waals surface area contributed by atoms with E-state index in [1.54, 1.807) is 0 Å². The summed E-state index contributed by atoms with van der Waals surface area (Å²) in [4.78, 5) is 2.64. The molecule has 1 aliphatic heterocycles. The lowest BCUT2D eigenvalue weighted by Gasteiger charge is -2.25. The van der Waals surface area contributed by atoms with Crippen LogP contribution in [0.3, 0.4) is 0 Å². The molecule has 2 aromatic rings. The SMILES string of the molecule is CCCN1CC[C@@H](c2ccccc2)[C@H]1C=Cc1ccccc1. The molecular weight excluding hydrogens is 266 g/mol. The molecule has 2 atom stereocenters. The molecule has 1 aliphatic rings. The van der Waals surface area contributed by atoms with Crippen molar-refractivity contribution >= 4 is 6.08 Å². The summed E-state index contributed by atoms with van der Waals surface area (Å²) in [5.74, 6) is 0.618. The van der Waals surface area contributed by atoms with Gasteiger partial charge in [-0.1, -0.05) is 79.7 Å². The van der Waals surface area contributed by atoms with Crippen molar-refractivity contribution < 1.29 is 0 Å². The van der Waals surface area contributed by atoms with Gasteiger partial charge in [-0.15, -0.1) is 0 Å². The lowest BCUT2D eigenvalue weighted by Crippen LogP contribution is -2.31. The lowest BCUT2D eigenvalue weighted by atomic mass is 9.91. The highest BCUT2D eigenvalue weighted by Crippen LogP contribution is 2.34. The predicted octanol–water partition coefficient (Wildman–Crippen LogP) is 4.97. The van der Waals surface area contributed by atoms with Gasteiger partial charge in [0.25, 0.3) is 0 Å². The minimum absolute atomic E-state index is 0.516. The van der Waals surface area contributed by atoms with Crippen LogP contribution in [0.5, 0.6) is 0 Å². The largest absolute Gasteiger partial charge is 0.296 e. The van der Waals surface area contributed by atoms with Gasteiger partial charge in [0.1, 0.15) is 0 Å². The predicted molar refractivity (Wildman–Crippen MR) is 94.9 cm³/mol. The van der Waals surface area contributed by atoms with Crippen molar-refractivity contribution in [3.63, 3.8) is 0 Å². The Bertz CT molecular complexity index is 588. The van der Waals surface area contributed by atoms with E-state index < -0.39 is 0 Å². The highest BCUT2D eigenvalue weighted by molar-refractivity contribution is 5.50. The third-order valence-corrected chi connectivity index (χ3v) is 4.59. The van der Waals surface area contributed by atoms with Crippen molar-refractivity contribution in [2.45, 2.75) is 31.7 Å². The summed E-state index contributed by atoms with van der Waals surface area (Å²) in [7, 11) is 0. The van der Waals surface area contributed by atoms with E-state index in [1.165, 1.54) is 37.1 Å². The minimum atomic E-state index is 0.516. The van der Waals surface area contributed by atoms with E-state index in [1.807, 2.05) is 0 Å². The molecule has 3 rings (SSSR count). The Kier molecular flexibility index (Phi) is 5.07. The molecule has 0 N–H and O–H groups in total. The van der Waals surface area contributed by atoms with Crippen LogP contribution in [-0.2, 0) is 0 Å². The molecule has 1 heteroatoms. The van der Waals surface area contributed by atoms with E-state index in [-0.39, 0.29) is 0 Å². The van der Waals surface area contributed by atoms with Crippen molar-refractivity contribution in [1.29, 1.82) is 0 Å². The third kappa shape index (κ3) is 3.48. The quantitative estimate of drug-likeness (QED) is 0.752. The van der Waals surface area contributed by atoms with Crippen molar-refractivity contribution in [2.24, 2.45) is 0 Å². The Morgan fingerprint density at radius 3 is 2.36 bits per heavy atom. The van der Waals surface area contributed by atoms with E-state index in [0.717, 1.165) is 0 Å². The summed E-state index contributed by atoms with van der Waals surface area (Å²) in [5, 5.41) is 0. The average Bonchev–Trinajstić information content (AvgIpc) is 2.98. The van der Waals surface area contributed by atoms with E-state index in [9.17, 15) is 0 Å². The van der Waals surface area contributed by atoms with Gasteiger partial charge in [0.05, 0.1) is 0 Å². The number of nitrogens with zero attached hydrogens (tertiary/aromatic N) is 1. The molecule has 114 valence electrons. The summed E-state index contributed by atoms with van der Waals surface area (Å²) < 4.78 is 0. The van der Waals surface area contributed by atoms with Gasteiger partial charge in [-0.25, -0.2) is 0 Å². The van der Waals surface area contributed by atoms with Crippen LogP contribution in [0.1, 0.15) is 36.8 Å². The maximum absolute atomic E-state index is 2.64. The molecule has 22 heavy (non-hydrogen) atoms. The van der Waals surface area contributed by atoms with Gasteiger partial charge >= 0.3 is 0 Å². The molecule has 0 spiro atoms. The molecule has 0 aliphatic carbocycles. The molecule has 0 bridgehead atoms. The van der Waals surface area contributed by atoms with Crippen LogP contribution in [0.4, 0.5) is 0 Å². The first kappa shape index (κ1) is 15.1. The molecule has 1 heterocycles. The van der Waals surface area contributed by atoms with Crippen LogP contribution in [0, 0.1) is 0 Å². The molecular formula is C21H25N. The topological polar surface area (TPSA) is 3.24 Å². The number of hydrogen-bond donors (Lipinski definition) is 0. The normalized spacial score (nSPS) is 22.4. The maximum atomic E-state index is 2.64. The summed E-state index contributed by atoms with van der Waals surface area (Å²) in [5.41, 5.74) is 2.77. The highest BCUT2D eigenvalue weighted by atomic mass is 15.2. The van der Waals surface area contributed by atoms with Gasteiger partial charge in [0.15, 0.2) is 0 Å². The van der Waals surface area contributed by atoms with Gasteiger partial charge in [0, 0.05) is 12.0 Å². The van der Waals surface area contributed by atoms with E-state index in [4.69, 9.17) is 0 Å². The van der Waals surface area contributed by atoms with Crippen LogP contribution in [0.25, 0.3) is 6.08 Å². The average molecular weight is 291 g/mol. The van der Waals surface area contributed by atoms with Crippen LogP contribution in [0.15, 0.2) is 66.7 Å². The van der Waals surface area contributed by atoms with E-state index >= 15 is 0 Å². The molecule has 0 unspecified atom stereocenters. The summed E-state index contributed by atoms with van der Waals surface area (Å²) >= 11 is 0. The monoisotopic (exact) mass is 291 g/mol. The van der Waals surface area contributed by atoms with Crippen LogP contribution in [-0.4, -0.2) is 24.0 Å². The van der Waals surface area contributed by atoms with Gasteiger partial charge in [0.2, 0.25) is 0 Å². The fourth-order valence-corrected chi connectivity index (χ4v) is 3.52. The first-order valence-electron chi connectivity index (χ1n) is 8.40. The van der Waals surface area contributed by atoms with Gasteiger partial charge in [-0.3, -0.25) is 4.90 Å². The maximum Gasteiger partial charge on any atom is 0.0350 e. The van der Waals surface area contributed by atoms with Crippen molar-refractivity contribution in [3.05, 3.63) is 77.9 Å². The Hall–Kier alpha value is -1.86. The molecule has 0 radical (unpaired) electrons. The standard InChI is InChI=1S/C21H25N/c1-2-16-22-17-15-20(19-11-7-4-8-12-19)21(22)14-13-18-9-5-3-6-10-18/h3-14,20-21H,2,15-17H2,1H3/t20-,21+/m0/s1. The fraction of sp³-hybridized carbons (Fsp3) is 0.333. The zero-order chi connectivity index (χ0) is 15.2. The van der Waals surface area contributed by atoms with E-state index in [0.29, 0.717) is 12.0 Å². The summed E-state index contributed by atoms with van der Waals surface area (Å²) in [6.07, 6.45) is 7.18. The van der Waals surface area contributed by atoms with E-state index in [2.05, 4.69) is 84.6 Å². The molecule has 0 saturated carbocycles. The van der Waals surface area contributed by atoms with Crippen molar-refractivity contribution in [3.8, 4) is 0 Å². The summed E-state index contributed by atoms with van der Waals surface area (Å²) in [6.45, 7) is 4.66. The van der Waals surface area contributed by atoms with Crippen LogP contribution in [0.2, 0.25) is 0 Å². The number of rotatable bonds is 5. The van der Waals surface area contributed by atoms with Crippen LogP contribution < -0.4 is 0 Å². The van der Waals surface area contributed by atoms with Crippen molar-refractivity contribution in [1.82, 2.24) is 4.90 Å². The Balaban J connectivity index is 1.82. The second-order valence-corrected chi connectivity index (χ2v) is 6.10. The first-order valence-corrected chi connectivity index (χ1v) is 8.40. The van der Waals surface area contributed by atoms with Gasteiger partial charge < -0.3 is 0 Å². The minimum Gasteiger partial charge on any atom is -0.296 e. The summed E-state index contributed by atoms with van der Waals surface area (Å²) in [6, 6.07) is 22.1. The zero-order valence-electron chi connectivity index (χ0n) is 13.4. The van der Waals surface area contributed by atoms with Gasteiger partial charge in [-0.05, 0) is 37.1 Å². The molecule has 0 aromatic heterocycles. The number of benzene rings is 2. The Labute approximate surface area is 134 Å². The molecule has 1 saturated heterocycles. The first-order chi connectivity index (χ1) is 10.9. The molecule has 2 aromatic carbocycles. The Morgan fingerprint density at radius 2 is 1.68 bits per heavy atom.